The van der Waals surface area contributed by atoms with E-state index >= 15 is 0 Å². The predicted octanol–water partition coefficient (Wildman–Crippen LogP) is -0.858. The number of anilines is 1. The molecule has 0 aliphatic carbocycles. The van der Waals surface area contributed by atoms with E-state index in [1.54, 1.807) is 0 Å². The normalized spacial score (nSPS) is 12.3. The minimum atomic E-state index is -0.462. The molecule has 0 radical (unpaired) electrons. The molecule has 216 valence electrons. The molecule has 0 saturated heterocycles. The highest BCUT2D eigenvalue weighted by Crippen LogP contribution is 2.25. The van der Waals surface area contributed by atoms with Crippen LogP contribution < -0.4 is 43.4 Å². The molecule has 1 unspecified atom stereocenters. The summed E-state index contributed by atoms with van der Waals surface area (Å²) in [6.45, 7) is 8.67. The number of pyridine rings is 1. The molecule has 2 aromatic carbocycles. The average molecular weight is 666 g/mol. The number of benzene rings is 2. The van der Waals surface area contributed by atoms with E-state index in [1.807, 2.05) is 31.1 Å². The lowest BCUT2D eigenvalue weighted by atomic mass is 10.0. The summed E-state index contributed by atoms with van der Waals surface area (Å²) < 4.78 is 2.61. The lowest BCUT2D eigenvalue weighted by molar-refractivity contribution is -0.896. The number of quaternary nitrogens is 1. The third kappa shape index (κ3) is 11.7. The van der Waals surface area contributed by atoms with Crippen LogP contribution in [0.25, 0.3) is 22.9 Å². The number of hydrogen-bond acceptors (Lipinski definition) is 3. The molecule has 7 heteroatoms. The minimum absolute atomic E-state index is 0. The molecule has 0 fully saturated rings. The standard InChI is InChI=1S/C32H47N3O2.2BrH/c1-5-7-17-34(18-8-6-2)31-14-13-29-23-28(11-12-30(29)24-31)10-9-27-15-19-33(20-16-27)25-32(37)26-35(3,4)21-22-36;;/h9-16,19-20,23-24,32,36-37H,5-8,17-18,21-22,25-26H2,1-4H3;2*1H/q+2;;/p-2. The summed E-state index contributed by atoms with van der Waals surface area (Å²) >= 11 is 0. The van der Waals surface area contributed by atoms with Crippen molar-refractivity contribution in [1.82, 2.24) is 0 Å². The van der Waals surface area contributed by atoms with Gasteiger partial charge in [0.1, 0.15) is 13.1 Å². The first-order valence-electron chi connectivity index (χ1n) is 13.9. The highest BCUT2D eigenvalue weighted by Gasteiger charge is 2.22. The highest BCUT2D eigenvalue weighted by atomic mass is 79.9. The van der Waals surface area contributed by atoms with Gasteiger partial charge in [0, 0.05) is 30.9 Å². The van der Waals surface area contributed by atoms with Crippen LogP contribution >= 0.6 is 0 Å². The van der Waals surface area contributed by atoms with Crippen molar-refractivity contribution in [3.8, 4) is 0 Å². The predicted molar refractivity (Wildman–Crippen MR) is 156 cm³/mol. The summed E-state index contributed by atoms with van der Waals surface area (Å²) in [4.78, 5) is 2.54. The van der Waals surface area contributed by atoms with Gasteiger partial charge < -0.3 is 53.6 Å². The number of halogens is 2. The van der Waals surface area contributed by atoms with Crippen LogP contribution in [0, 0.1) is 0 Å². The Morgan fingerprint density at radius 2 is 1.44 bits per heavy atom. The highest BCUT2D eigenvalue weighted by molar-refractivity contribution is 5.88. The van der Waals surface area contributed by atoms with E-state index in [9.17, 15) is 10.2 Å². The number of rotatable bonds is 15. The van der Waals surface area contributed by atoms with Gasteiger partial charge >= 0.3 is 0 Å². The van der Waals surface area contributed by atoms with Crippen LogP contribution in [0.3, 0.4) is 0 Å². The van der Waals surface area contributed by atoms with Crippen molar-refractivity contribution in [1.29, 1.82) is 0 Å². The van der Waals surface area contributed by atoms with E-state index in [2.05, 4.69) is 79.4 Å². The Morgan fingerprint density at radius 1 is 0.846 bits per heavy atom. The van der Waals surface area contributed by atoms with Gasteiger partial charge in [-0.25, -0.2) is 4.57 Å². The first-order valence-corrected chi connectivity index (χ1v) is 13.9. The molecule has 3 aromatic rings. The molecular formula is C32H47Br2N3O2. The molecule has 2 N–H and O–H groups in total. The summed E-state index contributed by atoms with van der Waals surface area (Å²) in [5, 5.41) is 22.2. The van der Waals surface area contributed by atoms with Crippen molar-refractivity contribution < 1.29 is 53.2 Å². The number of unbranched alkanes of at least 4 members (excludes halogenated alkanes) is 2. The van der Waals surface area contributed by atoms with E-state index in [0.717, 1.165) is 18.7 Å². The number of hydrogen-bond donors (Lipinski definition) is 2. The number of aliphatic hydroxyl groups is 2. The molecule has 3 rings (SSSR count). The zero-order valence-electron chi connectivity index (χ0n) is 24.1. The molecule has 0 amide bonds. The van der Waals surface area contributed by atoms with Gasteiger partial charge in [-0.3, -0.25) is 0 Å². The van der Waals surface area contributed by atoms with Gasteiger partial charge in [-0.05, 0) is 52.9 Å². The van der Waals surface area contributed by atoms with Crippen LogP contribution in [0.15, 0.2) is 60.9 Å². The van der Waals surface area contributed by atoms with Crippen LogP contribution in [-0.2, 0) is 6.54 Å². The van der Waals surface area contributed by atoms with Gasteiger partial charge in [-0.1, -0.05) is 57.0 Å². The van der Waals surface area contributed by atoms with Crippen LogP contribution in [0.5, 0.6) is 0 Å². The largest absolute Gasteiger partial charge is 1.00 e. The number of nitrogens with zero attached hydrogens (tertiary/aromatic N) is 3. The quantitative estimate of drug-likeness (QED) is 0.164. The fourth-order valence-corrected chi connectivity index (χ4v) is 4.75. The van der Waals surface area contributed by atoms with Crippen LogP contribution in [-0.4, -0.2) is 67.7 Å². The third-order valence-corrected chi connectivity index (χ3v) is 6.99. The SMILES string of the molecule is CCCCN(CCCC)c1ccc2cc(/C=C/c3cc[n+](CC(O)C[N+](C)(C)CCO)cc3)ccc2c1.[Br-].[Br-]. The minimum Gasteiger partial charge on any atom is -1.00 e. The van der Waals surface area contributed by atoms with Crippen molar-refractivity contribution in [2.75, 3.05) is 51.8 Å². The second-order valence-electron chi connectivity index (χ2n) is 10.9. The first-order chi connectivity index (χ1) is 17.8. The van der Waals surface area contributed by atoms with Crippen molar-refractivity contribution in [3.63, 3.8) is 0 Å². The second-order valence-corrected chi connectivity index (χ2v) is 10.9. The second kappa shape index (κ2) is 17.8. The van der Waals surface area contributed by atoms with E-state index in [-0.39, 0.29) is 40.6 Å². The molecule has 0 bridgehead atoms. The fourth-order valence-electron chi connectivity index (χ4n) is 4.75. The maximum absolute atomic E-state index is 10.5. The van der Waals surface area contributed by atoms with Gasteiger partial charge in [0.05, 0.1) is 20.7 Å². The molecule has 0 saturated carbocycles. The van der Waals surface area contributed by atoms with Gasteiger partial charge in [0.15, 0.2) is 25.0 Å². The van der Waals surface area contributed by atoms with E-state index in [4.69, 9.17) is 0 Å². The maximum atomic E-state index is 10.5. The average Bonchev–Trinajstić information content (AvgIpc) is 2.87. The van der Waals surface area contributed by atoms with Crippen molar-refractivity contribution >= 4 is 28.6 Å². The maximum Gasteiger partial charge on any atom is 0.179 e. The fraction of sp³-hybridized carbons (Fsp3) is 0.469. The summed E-state index contributed by atoms with van der Waals surface area (Å²) in [6.07, 6.45) is 12.8. The number of aromatic nitrogens is 1. The Labute approximate surface area is 256 Å². The number of aliphatic hydroxyl groups excluding tert-OH is 2. The summed E-state index contributed by atoms with van der Waals surface area (Å²) in [5.41, 5.74) is 3.64. The monoisotopic (exact) mass is 663 g/mol. The van der Waals surface area contributed by atoms with Crippen molar-refractivity contribution in [2.24, 2.45) is 0 Å². The number of fused-ring (bicyclic) bond motifs is 1. The Kier molecular flexibility index (Phi) is 16.1. The Bertz CT molecular complexity index is 1130. The van der Waals surface area contributed by atoms with Crippen LogP contribution in [0.2, 0.25) is 0 Å². The Hall–Kier alpha value is -1.77. The van der Waals surface area contributed by atoms with Gasteiger partial charge in [-0.2, -0.15) is 0 Å². The molecule has 1 atom stereocenters. The lowest BCUT2D eigenvalue weighted by Crippen LogP contribution is -3.00. The molecule has 0 aliphatic rings. The number of likely N-dealkylation sites (N-methyl/N-ethyl adjacent to an activating group) is 1. The van der Waals surface area contributed by atoms with E-state index < -0.39 is 6.10 Å². The van der Waals surface area contributed by atoms with Crippen molar-refractivity contribution in [3.05, 3.63) is 72.1 Å². The molecule has 1 heterocycles. The molecule has 5 nitrogen and oxygen atoms in total. The Morgan fingerprint density at radius 3 is 2.05 bits per heavy atom. The molecule has 0 spiro atoms. The summed E-state index contributed by atoms with van der Waals surface area (Å²) in [7, 11) is 4.05. The molecular weight excluding hydrogens is 618 g/mol. The Balaban J connectivity index is 0.00000380. The van der Waals surface area contributed by atoms with Gasteiger partial charge in [0.25, 0.3) is 0 Å². The van der Waals surface area contributed by atoms with E-state index in [0.29, 0.717) is 24.1 Å². The van der Waals surface area contributed by atoms with E-state index in [1.165, 1.54) is 47.7 Å². The zero-order valence-corrected chi connectivity index (χ0v) is 27.2. The summed E-state index contributed by atoms with van der Waals surface area (Å²) in [5.74, 6) is 0. The topological polar surface area (TPSA) is 47.6 Å². The molecule has 0 aliphatic heterocycles. The van der Waals surface area contributed by atoms with Gasteiger partial charge in [0.2, 0.25) is 0 Å². The first kappa shape index (κ1) is 35.3. The zero-order chi connectivity index (χ0) is 26.7. The van der Waals surface area contributed by atoms with Crippen LogP contribution in [0.4, 0.5) is 5.69 Å². The van der Waals surface area contributed by atoms with Crippen LogP contribution in [0.1, 0.15) is 50.7 Å². The third-order valence-electron chi connectivity index (χ3n) is 6.99. The molecule has 1 aromatic heterocycles. The van der Waals surface area contributed by atoms with Gasteiger partial charge in [-0.15, -0.1) is 0 Å². The van der Waals surface area contributed by atoms with Crippen molar-refractivity contribution in [2.45, 2.75) is 52.2 Å². The lowest BCUT2D eigenvalue weighted by Gasteiger charge is -2.30. The smallest absolute Gasteiger partial charge is 0.179 e. The molecule has 39 heavy (non-hydrogen) atoms. The summed E-state index contributed by atoms with van der Waals surface area (Å²) in [6, 6.07) is 17.7.